The van der Waals surface area contributed by atoms with Crippen LogP contribution in [0.2, 0.25) is 0 Å². The Morgan fingerprint density at radius 3 is 2.27 bits per heavy atom. The number of rotatable bonds is 4. The molecule has 68 valence electrons. The normalized spacial score (nSPS) is 15.5. The number of hydrogen-bond donors (Lipinski definition) is 1. The lowest BCUT2D eigenvalue weighted by atomic mass is 10.1. The predicted molar refractivity (Wildman–Crippen MR) is 49.7 cm³/mol. The molecule has 0 aromatic rings. The van der Waals surface area contributed by atoms with E-state index >= 15 is 0 Å². The smallest absolute Gasteiger partial charge is 0.145 e. The summed E-state index contributed by atoms with van der Waals surface area (Å²) in [4.78, 5) is 0. The van der Waals surface area contributed by atoms with E-state index in [1.807, 2.05) is 13.8 Å². The summed E-state index contributed by atoms with van der Waals surface area (Å²) >= 11 is 9.94. The summed E-state index contributed by atoms with van der Waals surface area (Å²) in [6, 6.07) is 0. The van der Waals surface area contributed by atoms with E-state index < -0.39 is 16.9 Å². The Morgan fingerprint density at radius 2 is 2.00 bits per heavy atom. The molecule has 0 spiro atoms. The van der Waals surface area contributed by atoms with Crippen LogP contribution in [0.5, 0.6) is 0 Å². The molecule has 0 heterocycles. The van der Waals surface area contributed by atoms with Gasteiger partial charge in [-0.3, -0.25) is 0 Å². The fraction of sp³-hybridized carbons (Fsp3) is 1.00. The summed E-state index contributed by atoms with van der Waals surface area (Å²) in [5.41, 5.74) is -0.475. The first-order valence-electron chi connectivity index (χ1n) is 3.07. The number of nitrogens with one attached hydrogen (secondary N) is 1. The quantitative estimate of drug-likeness (QED) is 0.571. The highest BCUT2D eigenvalue weighted by atomic mass is 35.5. The largest absolute Gasteiger partial charge is 0.598 e. The molecule has 0 rings (SSSR count). The van der Waals surface area contributed by atoms with Crippen LogP contribution in [-0.4, -0.2) is 26.8 Å². The minimum atomic E-state index is -1.08. The third kappa shape index (κ3) is 4.40. The van der Waals surface area contributed by atoms with Crippen LogP contribution < -0.4 is 4.72 Å². The van der Waals surface area contributed by atoms with Crippen LogP contribution in [0.3, 0.4) is 0 Å². The Bertz CT molecular complexity index is 123. The lowest BCUT2D eigenvalue weighted by Gasteiger charge is -2.26. The van der Waals surface area contributed by atoms with Crippen LogP contribution in [0.1, 0.15) is 13.8 Å². The molecule has 0 aromatic heterocycles. The first-order valence-corrected chi connectivity index (χ1v) is 5.07. The molecular weight excluding hydrogens is 207 g/mol. The van der Waals surface area contributed by atoms with Crippen molar-refractivity contribution in [1.29, 1.82) is 0 Å². The van der Waals surface area contributed by atoms with E-state index in [0.717, 1.165) is 3.94 Å². The highest BCUT2D eigenvalue weighted by Gasteiger charge is 2.30. The number of hydrogen-bond acceptors (Lipinski definition) is 3. The standard InChI is InChI=1S/C5H12Cl2N2OS/c1-5(2,9(6)7)4-11(10)8-3/h8H,4H2,1-3H3. The molecule has 1 N–H and O–H groups in total. The summed E-state index contributed by atoms with van der Waals surface area (Å²) in [6.45, 7) is 3.62. The van der Waals surface area contributed by atoms with Gasteiger partial charge in [0.2, 0.25) is 0 Å². The highest BCUT2D eigenvalue weighted by molar-refractivity contribution is 7.89. The molecule has 0 radical (unpaired) electrons. The minimum Gasteiger partial charge on any atom is -0.598 e. The van der Waals surface area contributed by atoms with Crippen molar-refractivity contribution < 1.29 is 4.55 Å². The van der Waals surface area contributed by atoms with Gasteiger partial charge in [0.05, 0.1) is 5.54 Å². The molecule has 0 fully saturated rings. The van der Waals surface area contributed by atoms with E-state index in [0.29, 0.717) is 5.75 Å². The molecule has 0 amide bonds. The maximum atomic E-state index is 11.0. The van der Waals surface area contributed by atoms with Crippen molar-refractivity contribution in [2.24, 2.45) is 0 Å². The highest BCUT2D eigenvalue weighted by Crippen LogP contribution is 2.20. The molecule has 1 atom stereocenters. The topological polar surface area (TPSA) is 38.3 Å². The zero-order chi connectivity index (χ0) is 9.07. The van der Waals surface area contributed by atoms with Crippen molar-refractivity contribution in [3.8, 4) is 0 Å². The molecule has 0 aromatic carbocycles. The lowest BCUT2D eigenvalue weighted by Crippen LogP contribution is -2.42. The summed E-state index contributed by atoms with van der Waals surface area (Å²) < 4.78 is 14.6. The molecule has 0 aliphatic heterocycles. The summed E-state index contributed by atoms with van der Waals surface area (Å²) in [6.07, 6.45) is 0. The Balaban J connectivity index is 3.90. The Morgan fingerprint density at radius 1 is 1.55 bits per heavy atom. The third-order valence-corrected chi connectivity index (χ3v) is 3.51. The fourth-order valence-electron chi connectivity index (χ4n) is 0.442. The van der Waals surface area contributed by atoms with Crippen LogP contribution in [0.15, 0.2) is 0 Å². The molecule has 6 heteroatoms. The summed E-state index contributed by atoms with van der Waals surface area (Å²) in [5, 5.41) is 0. The second-order valence-electron chi connectivity index (χ2n) is 2.74. The Labute approximate surface area is 80.6 Å². The van der Waals surface area contributed by atoms with Gasteiger partial charge in [0.15, 0.2) is 0 Å². The molecule has 0 aliphatic rings. The van der Waals surface area contributed by atoms with Crippen LogP contribution in [-0.2, 0) is 11.4 Å². The molecule has 0 saturated carbocycles. The van der Waals surface area contributed by atoms with Crippen LogP contribution in [0, 0.1) is 0 Å². The lowest BCUT2D eigenvalue weighted by molar-refractivity contribution is 0.389. The predicted octanol–water partition coefficient (Wildman–Crippen LogP) is 1.26. The van der Waals surface area contributed by atoms with E-state index in [1.165, 1.54) is 0 Å². The van der Waals surface area contributed by atoms with Crippen LogP contribution in [0.4, 0.5) is 0 Å². The van der Waals surface area contributed by atoms with Crippen molar-refractivity contribution in [1.82, 2.24) is 8.66 Å². The second kappa shape index (κ2) is 4.74. The van der Waals surface area contributed by atoms with E-state index in [2.05, 4.69) is 4.72 Å². The van der Waals surface area contributed by atoms with E-state index in [4.69, 9.17) is 23.6 Å². The van der Waals surface area contributed by atoms with Crippen molar-refractivity contribution in [3.63, 3.8) is 0 Å². The van der Waals surface area contributed by atoms with Crippen molar-refractivity contribution >= 4 is 34.9 Å². The first-order chi connectivity index (χ1) is 4.90. The maximum Gasteiger partial charge on any atom is 0.145 e. The van der Waals surface area contributed by atoms with Gasteiger partial charge in [-0.25, -0.2) is 0 Å². The van der Waals surface area contributed by atoms with E-state index in [9.17, 15) is 4.55 Å². The first kappa shape index (κ1) is 11.8. The van der Waals surface area contributed by atoms with Gasteiger partial charge in [-0.05, 0) is 37.4 Å². The van der Waals surface area contributed by atoms with Crippen molar-refractivity contribution in [3.05, 3.63) is 0 Å². The van der Waals surface area contributed by atoms with Gasteiger partial charge in [0.25, 0.3) is 0 Å². The van der Waals surface area contributed by atoms with Gasteiger partial charge in [-0.1, -0.05) is 0 Å². The molecule has 0 saturated heterocycles. The van der Waals surface area contributed by atoms with Gasteiger partial charge in [-0.15, -0.1) is 8.66 Å². The van der Waals surface area contributed by atoms with Gasteiger partial charge >= 0.3 is 0 Å². The number of halogens is 2. The average molecular weight is 219 g/mol. The van der Waals surface area contributed by atoms with Crippen LogP contribution in [0.25, 0.3) is 0 Å². The third-order valence-electron chi connectivity index (χ3n) is 1.17. The molecule has 0 aliphatic carbocycles. The fourth-order valence-corrected chi connectivity index (χ4v) is 1.62. The molecule has 3 nitrogen and oxygen atoms in total. The van der Waals surface area contributed by atoms with Crippen molar-refractivity contribution in [2.75, 3.05) is 12.8 Å². The van der Waals surface area contributed by atoms with Gasteiger partial charge in [-0.2, -0.15) is 0 Å². The molecule has 1 unspecified atom stereocenters. The molecule has 11 heavy (non-hydrogen) atoms. The van der Waals surface area contributed by atoms with E-state index in [-0.39, 0.29) is 0 Å². The van der Waals surface area contributed by atoms with Gasteiger partial charge in [0, 0.05) is 18.4 Å². The van der Waals surface area contributed by atoms with Gasteiger partial charge < -0.3 is 4.55 Å². The second-order valence-corrected chi connectivity index (χ2v) is 4.98. The Kier molecular flexibility index (Phi) is 5.09. The Hall–Kier alpha value is 0.810. The van der Waals surface area contributed by atoms with Gasteiger partial charge in [0.1, 0.15) is 5.75 Å². The maximum absolute atomic E-state index is 11.0. The molecular formula is C5H12Cl2N2OS. The average Bonchev–Trinajstić information content (AvgIpc) is 1.86. The summed E-state index contributed by atoms with van der Waals surface area (Å²) in [7, 11) is 1.62. The number of nitrogens with zero attached hydrogens (tertiary/aromatic N) is 1. The minimum absolute atomic E-state index is 0.385. The molecule has 0 bridgehead atoms. The van der Waals surface area contributed by atoms with E-state index in [1.54, 1.807) is 7.05 Å². The SMILES string of the molecule is CN[S+]([O-])CC(C)(C)N(Cl)Cl. The van der Waals surface area contributed by atoms with Crippen molar-refractivity contribution in [2.45, 2.75) is 19.4 Å². The van der Waals surface area contributed by atoms with Crippen LogP contribution >= 0.6 is 23.6 Å². The zero-order valence-corrected chi connectivity index (χ0v) is 9.06. The zero-order valence-electron chi connectivity index (χ0n) is 6.73. The monoisotopic (exact) mass is 218 g/mol. The summed E-state index contributed by atoms with van der Waals surface area (Å²) in [5.74, 6) is 0.385.